The van der Waals surface area contributed by atoms with Gasteiger partial charge >= 0.3 is 6.18 Å². The number of hydrogen-bond acceptors (Lipinski definition) is 6. The van der Waals surface area contributed by atoms with Gasteiger partial charge < -0.3 is 10.2 Å². The van der Waals surface area contributed by atoms with Crippen LogP contribution in [-0.4, -0.2) is 44.4 Å². The monoisotopic (exact) mass is 345 g/mol. The first-order valence-electron chi connectivity index (χ1n) is 7.03. The van der Waals surface area contributed by atoms with Crippen molar-refractivity contribution in [2.75, 3.05) is 11.9 Å². The van der Waals surface area contributed by atoms with E-state index in [1.165, 1.54) is 0 Å². The number of fused-ring (bicyclic) bond motifs is 1. The van der Waals surface area contributed by atoms with Crippen LogP contribution in [0.1, 0.15) is 25.3 Å². The molecule has 0 radical (unpaired) electrons. The van der Waals surface area contributed by atoms with E-state index in [0.29, 0.717) is 17.9 Å². The van der Waals surface area contributed by atoms with Gasteiger partial charge in [-0.15, -0.1) is 11.3 Å². The highest BCUT2D eigenvalue weighted by Gasteiger charge is 2.36. The van der Waals surface area contributed by atoms with Crippen molar-refractivity contribution in [2.45, 2.75) is 38.5 Å². The standard InChI is InChI=1S/C13H14F3N5OS/c1-6-3-4-21(6)11(22)7(2)19-9-8-10(18-5-17-9)20-12(23-8)13(14,15)16/h5-7H,3-4H2,1-2H3,(H,17,18,19)/t6-,7+/m0/s1. The molecule has 3 rings (SSSR count). The molecule has 0 unspecified atom stereocenters. The number of nitrogens with zero attached hydrogens (tertiary/aromatic N) is 4. The first-order chi connectivity index (χ1) is 10.8. The van der Waals surface area contributed by atoms with E-state index < -0.39 is 17.2 Å². The number of alkyl halides is 3. The van der Waals surface area contributed by atoms with Gasteiger partial charge in [0.2, 0.25) is 10.9 Å². The molecule has 1 fully saturated rings. The lowest BCUT2D eigenvalue weighted by atomic mass is 10.0. The number of amides is 1. The van der Waals surface area contributed by atoms with Crippen LogP contribution in [0.15, 0.2) is 6.33 Å². The van der Waals surface area contributed by atoms with E-state index >= 15 is 0 Å². The normalized spacial score (nSPS) is 19.5. The fourth-order valence-corrected chi connectivity index (χ4v) is 3.18. The smallest absolute Gasteiger partial charge is 0.357 e. The lowest BCUT2D eigenvalue weighted by Gasteiger charge is -2.40. The van der Waals surface area contributed by atoms with Gasteiger partial charge in [0, 0.05) is 12.6 Å². The summed E-state index contributed by atoms with van der Waals surface area (Å²) in [6, 6.07) is -0.398. The molecule has 2 aromatic heterocycles. The van der Waals surface area contributed by atoms with E-state index in [2.05, 4.69) is 20.3 Å². The molecule has 1 aliphatic rings. The number of nitrogens with one attached hydrogen (secondary N) is 1. The second-order valence-electron chi connectivity index (χ2n) is 5.43. The van der Waals surface area contributed by atoms with Crippen molar-refractivity contribution in [3.8, 4) is 0 Å². The van der Waals surface area contributed by atoms with Gasteiger partial charge in [-0.2, -0.15) is 13.2 Å². The van der Waals surface area contributed by atoms with Crippen LogP contribution >= 0.6 is 11.3 Å². The molecule has 0 saturated carbocycles. The number of thiazole rings is 1. The third-order valence-corrected chi connectivity index (χ3v) is 4.86. The summed E-state index contributed by atoms with van der Waals surface area (Å²) in [5, 5.41) is 1.90. The minimum Gasteiger partial charge on any atom is -0.357 e. The molecule has 1 aliphatic heterocycles. The molecule has 3 heterocycles. The first-order valence-corrected chi connectivity index (χ1v) is 7.84. The Morgan fingerprint density at radius 1 is 1.48 bits per heavy atom. The molecule has 0 bridgehead atoms. The molecule has 2 atom stereocenters. The van der Waals surface area contributed by atoms with Crippen molar-refractivity contribution in [2.24, 2.45) is 0 Å². The number of aromatic nitrogens is 3. The molecule has 1 amide bonds. The van der Waals surface area contributed by atoms with Crippen LogP contribution in [0, 0.1) is 0 Å². The Labute approximate surface area is 133 Å². The van der Waals surface area contributed by atoms with Crippen molar-refractivity contribution < 1.29 is 18.0 Å². The second kappa shape index (κ2) is 5.59. The van der Waals surface area contributed by atoms with Crippen molar-refractivity contribution in [3.63, 3.8) is 0 Å². The second-order valence-corrected chi connectivity index (χ2v) is 6.43. The summed E-state index contributed by atoms with van der Waals surface area (Å²) in [6.07, 6.45) is -2.44. The Morgan fingerprint density at radius 2 is 2.22 bits per heavy atom. The summed E-state index contributed by atoms with van der Waals surface area (Å²) in [5.41, 5.74) is -0.0307. The van der Waals surface area contributed by atoms with Crippen LogP contribution in [0.3, 0.4) is 0 Å². The number of likely N-dealkylation sites (tertiary alicyclic amines) is 1. The van der Waals surface area contributed by atoms with Crippen LogP contribution < -0.4 is 5.32 Å². The molecule has 23 heavy (non-hydrogen) atoms. The van der Waals surface area contributed by atoms with E-state index in [1.807, 2.05) is 6.92 Å². The van der Waals surface area contributed by atoms with E-state index in [1.54, 1.807) is 11.8 Å². The molecule has 1 N–H and O–H groups in total. The first kappa shape index (κ1) is 15.9. The SMILES string of the molecule is C[C@@H](Nc1ncnc2nc(C(F)(F)F)sc12)C(=O)N1CC[C@@H]1C. The molecule has 10 heteroatoms. The van der Waals surface area contributed by atoms with Gasteiger partial charge in [0.15, 0.2) is 5.65 Å². The predicted octanol–water partition coefficient (Wildman–Crippen LogP) is 2.53. The van der Waals surface area contributed by atoms with Gasteiger partial charge in [-0.1, -0.05) is 0 Å². The molecule has 0 spiro atoms. The van der Waals surface area contributed by atoms with Gasteiger partial charge in [-0.3, -0.25) is 4.79 Å². The van der Waals surface area contributed by atoms with Crippen LogP contribution in [0.25, 0.3) is 10.3 Å². The highest BCUT2D eigenvalue weighted by atomic mass is 32.1. The molecule has 0 aliphatic carbocycles. The molecule has 2 aromatic rings. The van der Waals surface area contributed by atoms with Crippen molar-refractivity contribution in [3.05, 3.63) is 11.3 Å². The number of carbonyl (C=O) groups is 1. The van der Waals surface area contributed by atoms with Crippen molar-refractivity contribution >= 4 is 33.4 Å². The van der Waals surface area contributed by atoms with Gasteiger partial charge in [0.25, 0.3) is 0 Å². The molecule has 124 valence electrons. The molecular weight excluding hydrogens is 331 g/mol. The number of anilines is 1. The van der Waals surface area contributed by atoms with Gasteiger partial charge in [0.1, 0.15) is 22.9 Å². The molecule has 6 nitrogen and oxygen atoms in total. The van der Waals surface area contributed by atoms with Crippen LogP contribution in [-0.2, 0) is 11.0 Å². The number of halogens is 3. The Kier molecular flexibility index (Phi) is 3.86. The van der Waals surface area contributed by atoms with Gasteiger partial charge in [0.05, 0.1) is 0 Å². The van der Waals surface area contributed by atoms with Gasteiger partial charge in [-0.25, -0.2) is 15.0 Å². The highest BCUT2D eigenvalue weighted by Crippen LogP contribution is 2.37. The summed E-state index contributed by atoms with van der Waals surface area (Å²) in [7, 11) is 0. The van der Waals surface area contributed by atoms with Crippen LogP contribution in [0.2, 0.25) is 0 Å². The fourth-order valence-electron chi connectivity index (χ4n) is 2.34. The van der Waals surface area contributed by atoms with E-state index in [4.69, 9.17) is 0 Å². The topological polar surface area (TPSA) is 71.0 Å². The largest absolute Gasteiger partial charge is 0.443 e. The highest BCUT2D eigenvalue weighted by molar-refractivity contribution is 7.19. The van der Waals surface area contributed by atoms with Crippen LogP contribution in [0.5, 0.6) is 0 Å². The zero-order valence-corrected chi connectivity index (χ0v) is 13.2. The average molecular weight is 345 g/mol. The maximum atomic E-state index is 12.8. The number of hydrogen-bond donors (Lipinski definition) is 1. The van der Waals surface area contributed by atoms with Gasteiger partial charge in [-0.05, 0) is 20.3 Å². The third kappa shape index (κ3) is 2.94. The maximum Gasteiger partial charge on any atom is 0.443 e. The number of rotatable bonds is 3. The van der Waals surface area contributed by atoms with E-state index in [9.17, 15) is 18.0 Å². The van der Waals surface area contributed by atoms with Crippen molar-refractivity contribution in [1.82, 2.24) is 19.9 Å². The summed E-state index contributed by atoms with van der Waals surface area (Å²) in [4.78, 5) is 25.2. The maximum absolute atomic E-state index is 12.8. The lowest BCUT2D eigenvalue weighted by molar-refractivity contribution is -0.139. The van der Waals surface area contributed by atoms with E-state index in [-0.39, 0.29) is 28.1 Å². The van der Waals surface area contributed by atoms with Crippen LogP contribution in [0.4, 0.5) is 19.0 Å². The minimum absolute atomic E-state index is 0.0307. The predicted molar refractivity (Wildman–Crippen MR) is 79.1 cm³/mol. The Morgan fingerprint density at radius 3 is 2.78 bits per heavy atom. The number of carbonyl (C=O) groups excluding carboxylic acids is 1. The molecule has 0 aromatic carbocycles. The summed E-state index contributed by atoms with van der Waals surface area (Å²) in [6.45, 7) is 4.31. The summed E-state index contributed by atoms with van der Waals surface area (Å²) in [5.74, 6) is 0.0908. The summed E-state index contributed by atoms with van der Waals surface area (Å²) >= 11 is 0.465. The molecule has 1 saturated heterocycles. The summed E-state index contributed by atoms with van der Waals surface area (Å²) < 4.78 is 38.5. The minimum atomic E-state index is -4.53. The Hall–Kier alpha value is -1.97. The lowest BCUT2D eigenvalue weighted by Crippen LogP contribution is -2.53. The average Bonchev–Trinajstić information content (AvgIpc) is 2.90. The fraction of sp³-hybridized carbons (Fsp3) is 0.538. The Bertz CT molecular complexity index is 747. The zero-order valence-electron chi connectivity index (χ0n) is 12.4. The van der Waals surface area contributed by atoms with Crippen molar-refractivity contribution in [1.29, 1.82) is 0 Å². The van der Waals surface area contributed by atoms with E-state index in [0.717, 1.165) is 12.7 Å². The third-order valence-electron chi connectivity index (χ3n) is 3.76. The quantitative estimate of drug-likeness (QED) is 0.926. The molecular formula is C13H14F3N5OS. The zero-order chi connectivity index (χ0) is 16.8. The Balaban J connectivity index is 1.85.